The molecule has 1 amide bonds. The second-order valence-electron chi connectivity index (χ2n) is 5.93. The Labute approximate surface area is 150 Å². The molecule has 0 bridgehead atoms. The van der Waals surface area contributed by atoms with E-state index in [0.717, 1.165) is 18.2 Å². The van der Waals surface area contributed by atoms with Crippen LogP contribution < -0.4 is 5.32 Å². The van der Waals surface area contributed by atoms with Crippen LogP contribution in [-0.2, 0) is 11.2 Å². The first kappa shape index (κ1) is 17.2. The number of halogens is 1. The van der Waals surface area contributed by atoms with E-state index in [1.165, 1.54) is 43.9 Å². The van der Waals surface area contributed by atoms with Crippen molar-refractivity contribution in [3.05, 3.63) is 29.3 Å². The van der Waals surface area contributed by atoms with E-state index >= 15 is 0 Å². The highest BCUT2D eigenvalue weighted by Gasteiger charge is 2.16. The zero-order chi connectivity index (χ0) is 16.8. The summed E-state index contributed by atoms with van der Waals surface area (Å²) in [5, 5.41) is 10.7. The Morgan fingerprint density at radius 2 is 2.25 bits per heavy atom. The fourth-order valence-electron chi connectivity index (χ4n) is 2.89. The molecule has 0 radical (unpaired) electrons. The molecule has 0 aromatic carbocycles. The Balaban J connectivity index is 1.43. The van der Waals surface area contributed by atoms with Gasteiger partial charge in [0.1, 0.15) is 5.82 Å². The van der Waals surface area contributed by atoms with E-state index in [1.54, 1.807) is 18.3 Å². The van der Waals surface area contributed by atoms with Crippen LogP contribution in [0.2, 0.25) is 5.15 Å². The average Bonchev–Trinajstić information content (AvgIpc) is 3.25. The topological polar surface area (TPSA) is 83.6 Å². The van der Waals surface area contributed by atoms with Crippen molar-refractivity contribution >= 4 is 35.0 Å². The zero-order valence-corrected chi connectivity index (χ0v) is 14.9. The summed E-state index contributed by atoms with van der Waals surface area (Å²) in [5.74, 6) is 1.80. The molecule has 24 heavy (non-hydrogen) atoms. The number of nitrogens with one attached hydrogen (secondary N) is 2. The van der Waals surface area contributed by atoms with Gasteiger partial charge in [0.25, 0.3) is 0 Å². The van der Waals surface area contributed by atoms with Gasteiger partial charge >= 0.3 is 0 Å². The number of carbonyl (C=O) groups excluding carboxylic acids is 1. The lowest BCUT2D eigenvalue weighted by Gasteiger charge is -2.05. The molecule has 3 rings (SSSR count). The van der Waals surface area contributed by atoms with E-state index in [-0.39, 0.29) is 16.8 Å². The van der Waals surface area contributed by atoms with E-state index < -0.39 is 0 Å². The van der Waals surface area contributed by atoms with E-state index in [9.17, 15) is 4.79 Å². The lowest BCUT2D eigenvalue weighted by atomic mass is 10.0. The third-order valence-corrected chi connectivity index (χ3v) is 5.29. The highest BCUT2D eigenvalue weighted by atomic mass is 35.5. The number of pyridine rings is 1. The predicted molar refractivity (Wildman–Crippen MR) is 95.3 cm³/mol. The summed E-state index contributed by atoms with van der Waals surface area (Å²) in [4.78, 5) is 20.3. The maximum absolute atomic E-state index is 12.0. The Morgan fingerprint density at radius 1 is 1.42 bits per heavy atom. The van der Waals surface area contributed by atoms with Gasteiger partial charge in [-0.15, -0.1) is 5.10 Å². The van der Waals surface area contributed by atoms with Gasteiger partial charge in [0.05, 0.1) is 11.4 Å². The van der Waals surface area contributed by atoms with E-state index in [0.29, 0.717) is 10.8 Å². The van der Waals surface area contributed by atoms with Crippen LogP contribution in [0.25, 0.3) is 0 Å². The Hall–Kier alpha value is -1.60. The van der Waals surface area contributed by atoms with E-state index in [2.05, 4.69) is 25.5 Å². The molecule has 6 nitrogen and oxygen atoms in total. The van der Waals surface area contributed by atoms with Gasteiger partial charge in [0.2, 0.25) is 11.1 Å². The number of hydrogen-bond donors (Lipinski definition) is 2. The van der Waals surface area contributed by atoms with E-state index in [4.69, 9.17) is 11.6 Å². The number of hydrogen-bond acceptors (Lipinski definition) is 5. The minimum absolute atomic E-state index is 0.160. The molecule has 0 atom stereocenters. The number of rotatable bonds is 7. The molecule has 0 aliphatic heterocycles. The quantitative estimate of drug-likeness (QED) is 0.577. The van der Waals surface area contributed by atoms with Gasteiger partial charge in [-0.25, -0.2) is 9.97 Å². The Kier molecular flexibility index (Phi) is 6.09. The monoisotopic (exact) mass is 365 g/mol. The summed E-state index contributed by atoms with van der Waals surface area (Å²) in [7, 11) is 0. The first-order chi connectivity index (χ1) is 11.7. The molecular formula is C16H20ClN5OS. The molecule has 2 aromatic heterocycles. The van der Waals surface area contributed by atoms with Gasteiger partial charge in [0, 0.05) is 12.6 Å². The summed E-state index contributed by atoms with van der Waals surface area (Å²) in [6.07, 6.45) is 9.07. The second kappa shape index (κ2) is 8.48. The summed E-state index contributed by atoms with van der Waals surface area (Å²) in [6.45, 7) is 0. The number of anilines is 1. The molecule has 1 saturated carbocycles. The maximum Gasteiger partial charge on any atom is 0.234 e. The predicted octanol–water partition coefficient (Wildman–Crippen LogP) is 3.71. The Morgan fingerprint density at radius 3 is 3.04 bits per heavy atom. The van der Waals surface area contributed by atoms with Crippen LogP contribution in [0.4, 0.5) is 5.69 Å². The third kappa shape index (κ3) is 4.95. The Bertz CT molecular complexity index is 687. The van der Waals surface area contributed by atoms with Gasteiger partial charge in [-0.1, -0.05) is 49.0 Å². The molecule has 1 aliphatic rings. The molecule has 1 aliphatic carbocycles. The SMILES string of the molecule is O=C(CSc1n[nH]c(CCC2CCCC2)n1)Nc1cccnc1Cl. The van der Waals surface area contributed by atoms with Crippen molar-refractivity contribution in [3.63, 3.8) is 0 Å². The molecule has 8 heteroatoms. The van der Waals surface area contributed by atoms with Crippen LogP contribution in [0, 0.1) is 5.92 Å². The molecule has 0 saturated heterocycles. The van der Waals surface area contributed by atoms with Crippen molar-refractivity contribution < 1.29 is 4.79 Å². The van der Waals surface area contributed by atoms with Crippen LogP contribution in [-0.4, -0.2) is 31.8 Å². The minimum Gasteiger partial charge on any atom is -0.323 e. The number of H-pyrrole nitrogens is 1. The van der Waals surface area contributed by atoms with Crippen molar-refractivity contribution in [1.82, 2.24) is 20.2 Å². The summed E-state index contributed by atoms with van der Waals surface area (Å²) in [5.41, 5.74) is 0.511. The number of thioether (sulfide) groups is 1. The van der Waals surface area contributed by atoms with Crippen molar-refractivity contribution in [1.29, 1.82) is 0 Å². The number of aromatic nitrogens is 4. The van der Waals surface area contributed by atoms with Crippen LogP contribution >= 0.6 is 23.4 Å². The number of carbonyl (C=O) groups is 1. The molecule has 2 heterocycles. The van der Waals surface area contributed by atoms with Crippen molar-refractivity contribution in [3.8, 4) is 0 Å². The molecular weight excluding hydrogens is 346 g/mol. The number of aromatic amines is 1. The summed E-state index contributed by atoms with van der Waals surface area (Å²) < 4.78 is 0. The highest BCUT2D eigenvalue weighted by Crippen LogP contribution is 2.28. The molecule has 0 spiro atoms. The maximum atomic E-state index is 12.0. The van der Waals surface area contributed by atoms with Gasteiger partial charge in [-0.3, -0.25) is 9.89 Å². The zero-order valence-electron chi connectivity index (χ0n) is 13.3. The van der Waals surface area contributed by atoms with Crippen LogP contribution in [0.3, 0.4) is 0 Å². The molecule has 128 valence electrons. The molecule has 0 unspecified atom stereocenters. The summed E-state index contributed by atoms with van der Waals surface area (Å²) in [6, 6.07) is 3.44. The summed E-state index contributed by atoms with van der Waals surface area (Å²) >= 11 is 7.22. The van der Waals surface area contributed by atoms with Gasteiger partial charge in [-0.2, -0.15) is 0 Å². The first-order valence-corrected chi connectivity index (χ1v) is 9.51. The van der Waals surface area contributed by atoms with Gasteiger partial charge in [-0.05, 0) is 24.5 Å². The van der Waals surface area contributed by atoms with Crippen LogP contribution in [0.5, 0.6) is 0 Å². The third-order valence-electron chi connectivity index (χ3n) is 4.14. The standard InChI is InChI=1S/C16H20ClN5OS/c17-15-12(6-3-9-18-15)19-14(23)10-24-16-20-13(21-22-16)8-7-11-4-1-2-5-11/h3,6,9,11H,1-2,4-5,7-8,10H2,(H,19,23)(H,20,21,22). The van der Waals surface area contributed by atoms with Crippen molar-refractivity contribution in [2.45, 2.75) is 43.7 Å². The van der Waals surface area contributed by atoms with Gasteiger partial charge < -0.3 is 5.32 Å². The van der Waals surface area contributed by atoms with Gasteiger partial charge in [0.15, 0.2) is 5.15 Å². The largest absolute Gasteiger partial charge is 0.323 e. The van der Waals surface area contributed by atoms with Crippen molar-refractivity contribution in [2.24, 2.45) is 5.92 Å². The molecule has 2 aromatic rings. The van der Waals surface area contributed by atoms with Crippen LogP contribution in [0.1, 0.15) is 37.9 Å². The smallest absolute Gasteiger partial charge is 0.234 e. The lowest BCUT2D eigenvalue weighted by molar-refractivity contribution is -0.113. The van der Waals surface area contributed by atoms with E-state index in [1.807, 2.05) is 0 Å². The fourth-order valence-corrected chi connectivity index (χ4v) is 3.67. The minimum atomic E-state index is -0.160. The first-order valence-electron chi connectivity index (χ1n) is 8.15. The highest BCUT2D eigenvalue weighted by molar-refractivity contribution is 7.99. The molecule has 1 fully saturated rings. The second-order valence-corrected chi connectivity index (χ2v) is 7.23. The number of aryl methyl sites for hydroxylation is 1. The average molecular weight is 366 g/mol. The van der Waals surface area contributed by atoms with Crippen LogP contribution in [0.15, 0.2) is 23.5 Å². The fraction of sp³-hybridized carbons (Fsp3) is 0.500. The lowest BCUT2D eigenvalue weighted by Crippen LogP contribution is -2.14. The number of amides is 1. The van der Waals surface area contributed by atoms with Crippen molar-refractivity contribution in [2.75, 3.05) is 11.1 Å². The molecule has 2 N–H and O–H groups in total. The normalized spacial score (nSPS) is 14.9. The number of nitrogens with zero attached hydrogens (tertiary/aromatic N) is 3.